The minimum absolute atomic E-state index is 0.000920. The lowest BCUT2D eigenvalue weighted by molar-refractivity contribution is -0.870. The Morgan fingerprint density at radius 2 is 1.00 bits per heavy atom. The number of unbranched alkanes of at least 4 members (excludes halogenated alkanes) is 27. The molecule has 3 unspecified atom stereocenters. The van der Waals surface area contributed by atoms with Gasteiger partial charge in [0.1, 0.15) is 13.2 Å². The number of aliphatic hydroxyl groups is 1. The molecule has 342 valence electrons. The highest BCUT2D eigenvalue weighted by Crippen LogP contribution is 2.38. The Morgan fingerprint density at radius 3 is 1.43 bits per heavy atom. The van der Waals surface area contributed by atoms with Crippen LogP contribution in [0, 0.1) is 0 Å². The van der Waals surface area contributed by atoms with E-state index in [9.17, 15) is 19.4 Å². The number of phosphoric acid groups is 1. The zero-order valence-electron chi connectivity index (χ0n) is 38.8. The third-order valence-corrected chi connectivity index (χ3v) is 11.8. The molecule has 0 saturated heterocycles. The molecule has 0 fully saturated rings. The van der Waals surface area contributed by atoms with Gasteiger partial charge in [0, 0.05) is 6.42 Å². The van der Waals surface area contributed by atoms with Crippen LogP contribution < -0.4 is 10.2 Å². The average molecular weight is 839 g/mol. The lowest BCUT2D eigenvalue weighted by Gasteiger charge is -2.29. The van der Waals surface area contributed by atoms with Gasteiger partial charge in [-0.3, -0.25) is 9.36 Å². The van der Waals surface area contributed by atoms with E-state index in [1.54, 1.807) is 6.08 Å². The van der Waals surface area contributed by atoms with Gasteiger partial charge in [-0.1, -0.05) is 198 Å². The Kier molecular flexibility index (Phi) is 40.2. The maximum Gasteiger partial charge on any atom is 0.268 e. The number of rotatable bonds is 44. The van der Waals surface area contributed by atoms with Crippen molar-refractivity contribution in [3.05, 3.63) is 36.5 Å². The van der Waals surface area contributed by atoms with Crippen molar-refractivity contribution in [1.82, 2.24) is 5.32 Å². The molecule has 9 heteroatoms. The van der Waals surface area contributed by atoms with Crippen LogP contribution in [0.3, 0.4) is 0 Å². The predicted molar refractivity (Wildman–Crippen MR) is 247 cm³/mol. The van der Waals surface area contributed by atoms with Gasteiger partial charge in [0.15, 0.2) is 0 Å². The molecule has 58 heavy (non-hydrogen) atoms. The fourth-order valence-electron chi connectivity index (χ4n) is 6.95. The Balaban J connectivity index is 4.19. The summed E-state index contributed by atoms with van der Waals surface area (Å²) in [4.78, 5) is 25.3. The molecule has 0 aromatic heterocycles. The lowest BCUT2D eigenvalue weighted by Crippen LogP contribution is -2.45. The molecule has 0 aliphatic carbocycles. The summed E-state index contributed by atoms with van der Waals surface area (Å²) in [5.41, 5.74) is 0. The van der Waals surface area contributed by atoms with Crippen molar-refractivity contribution in [1.29, 1.82) is 0 Å². The smallest absolute Gasteiger partial charge is 0.268 e. The van der Waals surface area contributed by atoms with E-state index >= 15 is 0 Å². The number of hydrogen-bond donors (Lipinski definition) is 2. The number of nitrogens with one attached hydrogen (secondary N) is 1. The van der Waals surface area contributed by atoms with Crippen LogP contribution >= 0.6 is 7.82 Å². The molecule has 1 amide bonds. The van der Waals surface area contributed by atoms with E-state index in [-0.39, 0.29) is 19.1 Å². The van der Waals surface area contributed by atoms with E-state index in [1.807, 2.05) is 27.2 Å². The van der Waals surface area contributed by atoms with Crippen molar-refractivity contribution in [2.45, 2.75) is 231 Å². The van der Waals surface area contributed by atoms with Gasteiger partial charge in [0.25, 0.3) is 7.82 Å². The van der Waals surface area contributed by atoms with Crippen molar-refractivity contribution < 1.29 is 32.9 Å². The van der Waals surface area contributed by atoms with Crippen molar-refractivity contribution >= 4 is 13.7 Å². The summed E-state index contributed by atoms with van der Waals surface area (Å²) in [6, 6.07) is -0.884. The molecule has 0 aromatic carbocycles. The topological polar surface area (TPSA) is 108 Å². The molecule has 3 atom stereocenters. The first-order valence-corrected chi connectivity index (χ1v) is 25.8. The second-order valence-corrected chi connectivity index (χ2v) is 19.2. The molecular weight excluding hydrogens is 744 g/mol. The summed E-state index contributed by atoms with van der Waals surface area (Å²) in [6.45, 7) is 4.62. The molecule has 0 aliphatic heterocycles. The Bertz CT molecular complexity index is 1040. The van der Waals surface area contributed by atoms with E-state index in [1.165, 1.54) is 154 Å². The first-order valence-electron chi connectivity index (χ1n) is 24.4. The number of amides is 1. The standard InChI is InChI=1S/C49H95N2O6P/c1-6-8-10-12-14-16-18-19-20-21-22-23-24-25-26-27-28-29-30-31-33-35-37-39-41-43-49(53)50-47(46-57-58(54,55)56-45-44-51(3,4)5)48(52)42-40-38-36-34-32-17-15-13-11-9-7-2/h18-19,21-22,40,42,47-48,52H,6-17,20,23-39,41,43-46H2,1-5H3,(H-,50,53,54,55)/b19-18-,22-21-,42-40+. The normalized spacial score (nSPS) is 14.5. The Labute approximate surface area is 359 Å². The van der Waals surface area contributed by atoms with Crippen LogP contribution in [0.15, 0.2) is 36.5 Å². The van der Waals surface area contributed by atoms with Crippen LogP contribution in [0.5, 0.6) is 0 Å². The maximum absolute atomic E-state index is 12.9. The Morgan fingerprint density at radius 1 is 0.603 bits per heavy atom. The van der Waals surface area contributed by atoms with E-state index in [2.05, 4.69) is 43.5 Å². The van der Waals surface area contributed by atoms with Gasteiger partial charge >= 0.3 is 0 Å². The van der Waals surface area contributed by atoms with Gasteiger partial charge in [0.2, 0.25) is 5.91 Å². The monoisotopic (exact) mass is 839 g/mol. The molecule has 0 spiro atoms. The Hall–Kier alpha value is -1.28. The first-order chi connectivity index (χ1) is 28.0. The zero-order chi connectivity index (χ0) is 42.8. The highest BCUT2D eigenvalue weighted by atomic mass is 31.2. The van der Waals surface area contributed by atoms with Gasteiger partial charge in [-0.05, 0) is 51.4 Å². The number of nitrogens with zero attached hydrogens (tertiary/aromatic N) is 1. The van der Waals surface area contributed by atoms with Crippen LogP contribution in [0.4, 0.5) is 0 Å². The second-order valence-electron chi connectivity index (χ2n) is 17.8. The first kappa shape index (κ1) is 56.7. The number of quaternary nitrogens is 1. The lowest BCUT2D eigenvalue weighted by atomic mass is 10.0. The third-order valence-electron chi connectivity index (χ3n) is 10.8. The SMILES string of the molecule is CCCCCCC/C=C\C/C=C\CCCCCCCCCCCCCCCC(=O)NC(COP(=O)([O-])OCC[N+](C)(C)C)C(O)/C=C/CCCCCCCCCCC. The third kappa shape index (κ3) is 42.8. The van der Waals surface area contributed by atoms with Gasteiger partial charge in [-0.2, -0.15) is 0 Å². The molecule has 8 nitrogen and oxygen atoms in total. The molecule has 0 rings (SSSR count). The summed E-state index contributed by atoms with van der Waals surface area (Å²) >= 11 is 0. The highest BCUT2D eigenvalue weighted by Gasteiger charge is 2.23. The zero-order valence-corrected chi connectivity index (χ0v) is 39.6. The van der Waals surface area contributed by atoms with Crippen LogP contribution in [-0.4, -0.2) is 68.5 Å². The van der Waals surface area contributed by atoms with E-state index < -0.39 is 20.0 Å². The molecule has 0 heterocycles. The number of carbonyl (C=O) groups excluding carboxylic acids is 1. The van der Waals surface area contributed by atoms with Gasteiger partial charge in [-0.25, -0.2) is 0 Å². The van der Waals surface area contributed by atoms with Gasteiger partial charge in [-0.15, -0.1) is 0 Å². The molecule has 0 aliphatic rings. The van der Waals surface area contributed by atoms with E-state index in [0.29, 0.717) is 17.4 Å². The summed E-state index contributed by atoms with van der Waals surface area (Å²) in [5, 5.41) is 13.8. The van der Waals surface area contributed by atoms with E-state index in [4.69, 9.17) is 9.05 Å². The quantitative estimate of drug-likeness (QED) is 0.0274. The fraction of sp³-hybridized carbons (Fsp3) is 0.857. The number of allylic oxidation sites excluding steroid dienone is 5. The number of carbonyl (C=O) groups is 1. The number of aliphatic hydroxyl groups excluding tert-OH is 1. The number of hydrogen-bond acceptors (Lipinski definition) is 6. The fourth-order valence-corrected chi connectivity index (χ4v) is 7.67. The van der Waals surface area contributed by atoms with Crippen molar-refractivity contribution in [2.24, 2.45) is 0 Å². The molecule has 0 bridgehead atoms. The summed E-state index contributed by atoms with van der Waals surface area (Å²) in [5.74, 6) is -0.199. The minimum atomic E-state index is -4.58. The summed E-state index contributed by atoms with van der Waals surface area (Å²) < 4.78 is 23.2. The average Bonchev–Trinajstić information content (AvgIpc) is 3.17. The summed E-state index contributed by atoms with van der Waals surface area (Å²) in [7, 11) is 1.26. The molecule has 0 radical (unpaired) electrons. The van der Waals surface area contributed by atoms with Gasteiger partial charge < -0.3 is 28.8 Å². The van der Waals surface area contributed by atoms with E-state index in [0.717, 1.165) is 44.9 Å². The minimum Gasteiger partial charge on any atom is -0.756 e. The van der Waals surface area contributed by atoms with Crippen LogP contribution in [0.1, 0.15) is 219 Å². The van der Waals surface area contributed by atoms with Crippen LogP contribution in [0.2, 0.25) is 0 Å². The second kappa shape index (κ2) is 41.1. The summed E-state index contributed by atoms with van der Waals surface area (Å²) in [6.07, 6.45) is 50.6. The number of phosphoric ester groups is 1. The molecular formula is C49H95N2O6P. The largest absolute Gasteiger partial charge is 0.756 e. The molecule has 2 N–H and O–H groups in total. The van der Waals surface area contributed by atoms with Crippen molar-refractivity contribution in [2.75, 3.05) is 40.9 Å². The molecule has 0 saturated carbocycles. The van der Waals surface area contributed by atoms with Gasteiger partial charge in [0.05, 0.1) is 39.9 Å². The van der Waals surface area contributed by atoms with Crippen molar-refractivity contribution in [3.63, 3.8) is 0 Å². The highest BCUT2D eigenvalue weighted by molar-refractivity contribution is 7.45. The van der Waals surface area contributed by atoms with Crippen molar-refractivity contribution in [3.8, 4) is 0 Å². The maximum atomic E-state index is 12.9. The predicted octanol–water partition coefficient (Wildman–Crippen LogP) is 13.2. The number of likely N-dealkylation sites (N-methyl/N-ethyl adjacent to an activating group) is 1. The van der Waals surface area contributed by atoms with Crippen LogP contribution in [0.25, 0.3) is 0 Å². The molecule has 0 aromatic rings. The van der Waals surface area contributed by atoms with Crippen LogP contribution in [-0.2, 0) is 18.4 Å².